The van der Waals surface area contributed by atoms with Crippen molar-refractivity contribution in [2.75, 3.05) is 65.9 Å². The van der Waals surface area contributed by atoms with Crippen molar-refractivity contribution in [1.29, 1.82) is 0 Å². The first-order valence-electron chi connectivity index (χ1n) is 8.32. The quantitative estimate of drug-likeness (QED) is 0.417. The van der Waals surface area contributed by atoms with E-state index in [0.717, 1.165) is 32.7 Å². The molecule has 0 aliphatic carbocycles. The Bertz CT molecular complexity index is 193. The van der Waals surface area contributed by atoms with Gasteiger partial charge in [0.15, 0.2) is 0 Å². The summed E-state index contributed by atoms with van der Waals surface area (Å²) in [5.41, 5.74) is 0. The Labute approximate surface area is 130 Å². The second kappa shape index (κ2) is 17.9. The molecule has 5 nitrogen and oxygen atoms in total. The first-order chi connectivity index (χ1) is 10.3. The van der Waals surface area contributed by atoms with Crippen LogP contribution in [0.3, 0.4) is 0 Å². The molecule has 0 spiro atoms. The average molecular weight is 305 g/mol. The second-order valence-corrected chi connectivity index (χ2v) is 5.18. The fourth-order valence-electron chi connectivity index (χ4n) is 1.64. The molecule has 1 unspecified atom stereocenters. The standard InChI is InChI=1S/C16H35NO4/c1-4-6-7-18-8-9-19-10-11-20-12-13-21-15-16(3)14-17-5-2/h16-17H,4-15H2,1-3H3. The first kappa shape index (κ1) is 20.8. The van der Waals surface area contributed by atoms with Crippen molar-refractivity contribution >= 4 is 0 Å². The van der Waals surface area contributed by atoms with Gasteiger partial charge in [-0.05, 0) is 25.4 Å². The van der Waals surface area contributed by atoms with Crippen LogP contribution < -0.4 is 5.32 Å². The first-order valence-corrected chi connectivity index (χ1v) is 8.32. The summed E-state index contributed by atoms with van der Waals surface area (Å²) in [7, 11) is 0. The lowest BCUT2D eigenvalue weighted by atomic mass is 10.2. The fourth-order valence-corrected chi connectivity index (χ4v) is 1.64. The Kier molecular flexibility index (Phi) is 17.7. The molecular formula is C16H35NO4. The summed E-state index contributed by atoms with van der Waals surface area (Å²) in [6, 6.07) is 0. The van der Waals surface area contributed by atoms with Crippen LogP contribution in [-0.4, -0.2) is 65.9 Å². The lowest BCUT2D eigenvalue weighted by Gasteiger charge is -2.12. The number of unbranched alkanes of at least 4 members (excludes halogenated alkanes) is 1. The molecule has 21 heavy (non-hydrogen) atoms. The van der Waals surface area contributed by atoms with Crippen molar-refractivity contribution in [1.82, 2.24) is 5.32 Å². The predicted molar refractivity (Wildman–Crippen MR) is 85.9 cm³/mol. The molecule has 128 valence electrons. The second-order valence-electron chi connectivity index (χ2n) is 5.18. The molecule has 0 saturated heterocycles. The van der Waals surface area contributed by atoms with E-state index >= 15 is 0 Å². The fraction of sp³-hybridized carbons (Fsp3) is 1.00. The molecule has 0 aromatic rings. The van der Waals surface area contributed by atoms with Crippen LogP contribution in [-0.2, 0) is 18.9 Å². The van der Waals surface area contributed by atoms with Crippen LogP contribution in [0.15, 0.2) is 0 Å². The van der Waals surface area contributed by atoms with E-state index in [2.05, 4.69) is 26.1 Å². The van der Waals surface area contributed by atoms with Gasteiger partial charge in [0.2, 0.25) is 0 Å². The van der Waals surface area contributed by atoms with Crippen molar-refractivity contribution in [3.63, 3.8) is 0 Å². The Morgan fingerprint density at radius 1 is 0.762 bits per heavy atom. The van der Waals surface area contributed by atoms with Gasteiger partial charge in [0.25, 0.3) is 0 Å². The zero-order valence-corrected chi connectivity index (χ0v) is 14.2. The molecule has 1 atom stereocenters. The molecule has 0 rings (SSSR count). The van der Waals surface area contributed by atoms with Gasteiger partial charge in [-0.1, -0.05) is 27.2 Å². The van der Waals surface area contributed by atoms with E-state index in [0.29, 0.717) is 45.6 Å². The van der Waals surface area contributed by atoms with Crippen LogP contribution in [0.5, 0.6) is 0 Å². The van der Waals surface area contributed by atoms with Crippen LogP contribution in [0, 0.1) is 5.92 Å². The number of rotatable bonds is 17. The highest BCUT2D eigenvalue weighted by Gasteiger charge is 2.00. The summed E-state index contributed by atoms with van der Waals surface area (Å²) in [5, 5.41) is 3.31. The lowest BCUT2D eigenvalue weighted by Crippen LogP contribution is -2.24. The molecule has 0 bridgehead atoms. The number of nitrogens with one attached hydrogen (secondary N) is 1. The molecule has 0 aliphatic heterocycles. The highest BCUT2D eigenvalue weighted by atomic mass is 16.6. The molecule has 0 aliphatic rings. The Balaban J connectivity index is 3.02. The Morgan fingerprint density at radius 2 is 1.29 bits per heavy atom. The van der Waals surface area contributed by atoms with Gasteiger partial charge < -0.3 is 24.3 Å². The van der Waals surface area contributed by atoms with E-state index in [1.165, 1.54) is 6.42 Å². The minimum absolute atomic E-state index is 0.543. The highest BCUT2D eigenvalue weighted by molar-refractivity contribution is 4.54. The van der Waals surface area contributed by atoms with Crippen molar-refractivity contribution in [2.24, 2.45) is 5.92 Å². The summed E-state index contributed by atoms with van der Waals surface area (Å²) < 4.78 is 21.8. The zero-order valence-electron chi connectivity index (χ0n) is 14.2. The number of hydrogen-bond acceptors (Lipinski definition) is 5. The van der Waals surface area contributed by atoms with Crippen molar-refractivity contribution in [3.8, 4) is 0 Å². The maximum Gasteiger partial charge on any atom is 0.0701 e. The molecular weight excluding hydrogens is 270 g/mol. The normalized spacial score (nSPS) is 12.7. The van der Waals surface area contributed by atoms with Crippen LogP contribution in [0.25, 0.3) is 0 Å². The van der Waals surface area contributed by atoms with Crippen LogP contribution in [0.4, 0.5) is 0 Å². The van der Waals surface area contributed by atoms with E-state index in [-0.39, 0.29) is 0 Å². The average Bonchev–Trinajstić information content (AvgIpc) is 2.49. The van der Waals surface area contributed by atoms with E-state index < -0.39 is 0 Å². The summed E-state index contributed by atoms with van der Waals surface area (Å²) in [4.78, 5) is 0. The SMILES string of the molecule is CCCCOCCOCCOCCOCC(C)CNCC. The molecule has 1 N–H and O–H groups in total. The minimum Gasteiger partial charge on any atom is -0.379 e. The summed E-state index contributed by atoms with van der Waals surface area (Å²) in [6.45, 7) is 13.9. The molecule has 0 amide bonds. The Morgan fingerprint density at radius 3 is 1.81 bits per heavy atom. The maximum absolute atomic E-state index is 5.55. The van der Waals surface area contributed by atoms with E-state index in [9.17, 15) is 0 Å². The smallest absolute Gasteiger partial charge is 0.0701 e. The van der Waals surface area contributed by atoms with Gasteiger partial charge in [0, 0.05) is 6.61 Å². The third-order valence-corrected chi connectivity index (χ3v) is 2.90. The maximum atomic E-state index is 5.55. The molecule has 0 fully saturated rings. The van der Waals surface area contributed by atoms with E-state index in [1.807, 2.05) is 0 Å². The Hall–Kier alpha value is -0.200. The summed E-state index contributed by atoms with van der Waals surface area (Å²) >= 11 is 0. The van der Waals surface area contributed by atoms with E-state index in [4.69, 9.17) is 18.9 Å². The number of ether oxygens (including phenoxy) is 4. The van der Waals surface area contributed by atoms with E-state index in [1.54, 1.807) is 0 Å². The molecule has 0 aromatic carbocycles. The summed E-state index contributed by atoms with van der Waals surface area (Å²) in [6.07, 6.45) is 2.29. The summed E-state index contributed by atoms with van der Waals surface area (Å²) in [5.74, 6) is 0.543. The predicted octanol–water partition coefficient (Wildman–Crippen LogP) is 2.10. The third-order valence-electron chi connectivity index (χ3n) is 2.90. The molecule has 0 heterocycles. The van der Waals surface area contributed by atoms with Gasteiger partial charge in [-0.25, -0.2) is 0 Å². The van der Waals surface area contributed by atoms with Gasteiger partial charge in [-0.3, -0.25) is 0 Å². The molecule has 0 aromatic heterocycles. The van der Waals surface area contributed by atoms with Gasteiger partial charge in [0.05, 0.1) is 46.2 Å². The van der Waals surface area contributed by atoms with Gasteiger partial charge >= 0.3 is 0 Å². The molecule has 5 heteroatoms. The lowest BCUT2D eigenvalue weighted by molar-refractivity contribution is -0.00535. The molecule has 0 saturated carbocycles. The van der Waals surface area contributed by atoms with Crippen molar-refractivity contribution in [3.05, 3.63) is 0 Å². The van der Waals surface area contributed by atoms with Crippen LogP contribution in [0.2, 0.25) is 0 Å². The van der Waals surface area contributed by atoms with Crippen molar-refractivity contribution in [2.45, 2.75) is 33.6 Å². The monoisotopic (exact) mass is 305 g/mol. The van der Waals surface area contributed by atoms with Crippen LogP contribution in [0.1, 0.15) is 33.6 Å². The van der Waals surface area contributed by atoms with Gasteiger partial charge in [-0.2, -0.15) is 0 Å². The third kappa shape index (κ3) is 17.7. The van der Waals surface area contributed by atoms with Crippen LogP contribution >= 0.6 is 0 Å². The minimum atomic E-state index is 0.543. The van der Waals surface area contributed by atoms with Crippen molar-refractivity contribution < 1.29 is 18.9 Å². The number of hydrogen-bond donors (Lipinski definition) is 1. The topological polar surface area (TPSA) is 49.0 Å². The van der Waals surface area contributed by atoms with Gasteiger partial charge in [-0.15, -0.1) is 0 Å². The highest BCUT2D eigenvalue weighted by Crippen LogP contribution is 1.93. The molecule has 0 radical (unpaired) electrons. The van der Waals surface area contributed by atoms with Gasteiger partial charge in [0.1, 0.15) is 0 Å². The largest absolute Gasteiger partial charge is 0.379 e. The zero-order chi connectivity index (χ0) is 15.6.